The summed E-state index contributed by atoms with van der Waals surface area (Å²) in [5, 5.41) is 9.16. The average molecular weight is 360 g/mol. The Hall–Kier alpha value is -1.43. The van der Waals surface area contributed by atoms with Gasteiger partial charge in [0.2, 0.25) is 5.91 Å². The molecule has 4 rings (SSSR count). The molecular formula is C20H33N5O. The van der Waals surface area contributed by atoms with Crippen LogP contribution in [0.1, 0.15) is 76.0 Å². The lowest BCUT2D eigenvalue weighted by atomic mass is 9.87. The Bertz CT molecular complexity index is 622. The van der Waals surface area contributed by atoms with Gasteiger partial charge in [0.05, 0.1) is 6.04 Å². The fraction of sp³-hybridized carbons (Fsp3) is 0.850. The van der Waals surface area contributed by atoms with Gasteiger partial charge < -0.3 is 9.47 Å². The highest BCUT2D eigenvalue weighted by molar-refractivity contribution is 5.73. The molecule has 1 amide bonds. The van der Waals surface area contributed by atoms with E-state index >= 15 is 0 Å². The minimum Gasteiger partial charge on any atom is -0.341 e. The standard InChI is InChI=1S/C20H33N5O/c1-16(26)23-12-10-19-21-22-20(25(19)14-13-23)18-9-5-6-11-24(18)15-17-7-3-2-4-8-17/h17-18H,2-15H2,1H3/t18-/m0/s1. The molecule has 3 heterocycles. The van der Waals surface area contributed by atoms with Crippen LogP contribution < -0.4 is 0 Å². The number of aromatic nitrogens is 3. The zero-order valence-corrected chi connectivity index (χ0v) is 16.2. The molecule has 0 aromatic carbocycles. The van der Waals surface area contributed by atoms with Crippen molar-refractivity contribution in [3.8, 4) is 0 Å². The van der Waals surface area contributed by atoms with E-state index in [4.69, 9.17) is 0 Å². The smallest absolute Gasteiger partial charge is 0.219 e. The first-order valence-electron chi connectivity index (χ1n) is 10.6. The minimum atomic E-state index is 0.168. The number of hydrogen-bond donors (Lipinski definition) is 0. The third kappa shape index (κ3) is 3.80. The number of piperidine rings is 1. The number of amides is 1. The van der Waals surface area contributed by atoms with Crippen LogP contribution in [0.5, 0.6) is 0 Å². The summed E-state index contributed by atoms with van der Waals surface area (Å²) in [5.41, 5.74) is 0. The molecule has 6 nitrogen and oxygen atoms in total. The molecule has 0 spiro atoms. The summed E-state index contributed by atoms with van der Waals surface area (Å²) in [6, 6.07) is 0.413. The van der Waals surface area contributed by atoms with Gasteiger partial charge in [-0.1, -0.05) is 25.7 Å². The number of likely N-dealkylation sites (tertiary alicyclic amines) is 1. The number of hydrogen-bond acceptors (Lipinski definition) is 4. The van der Waals surface area contributed by atoms with Gasteiger partial charge in [-0.25, -0.2) is 0 Å². The molecule has 0 N–H and O–H groups in total. The van der Waals surface area contributed by atoms with Crippen molar-refractivity contribution in [3.63, 3.8) is 0 Å². The maximum absolute atomic E-state index is 11.8. The topological polar surface area (TPSA) is 54.3 Å². The lowest BCUT2D eigenvalue weighted by Crippen LogP contribution is -2.39. The molecule has 1 saturated carbocycles. The lowest BCUT2D eigenvalue weighted by Gasteiger charge is -2.38. The SMILES string of the molecule is CC(=O)N1CCc2nnc([C@@H]3CCCCN3CC3CCCCC3)n2CC1. The predicted molar refractivity (Wildman–Crippen MR) is 101 cm³/mol. The van der Waals surface area contributed by atoms with Gasteiger partial charge in [-0.2, -0.15) is 0 Å². The van der Waals surface area contributed by atoms with Crippen molar-refractivity contribution in [2.24, 2.45) is 5.92 Å². The normalized spacial score (nSPS) is 25.7. The van der Waals surface area contributed by atoms with Crippen molar-refractivity contribution in [2.45, 2.75) is 77.3 Å². The number of carbonyl (C=O) groups excluding carboxylic acids is 1. The zero-order chi connectivity index (χ0) is 17.9. The molecular weight excluding hydrogens is 326 g/mol. The second kappa shape index (κ2) is 8.07. The Morgan fingerprint density at radius 1 is 0.962 bits per heavy atom. The molecule has 1 aromatic heterocycles. The molecule has 26 heavy (non-hydrogen) atoms. The van der Waals surface area contributed by atoms with Crippen LogP contribution in [0.4, 0.5) is 0 Å². The molecule has 1 aliphatic carbocycles. The van der Waals surface area contributed by atoms with Gasteiger partial charge in [0.15, 0.2) is 0 Å². The highest BCUT2D eigenvalue weighted by atomic mass is 16.2. The van der Waals surface area contributed by atoms with E-state index in [1.54, 1.807) is 6.92 Å². The fourth-order valence-corrected chi connectivity index (χ4v) is 5.11. The van der Waals surface area contributed by atoms with E-state index in [0.29, 0.717) is 6.04 Å². The predicted octanol–water partition coefficient (Wildman–Crippen LogP) is 2.79. The third-order valence-corrected chi connectivity index (χ3v) is 6.63. The maximum atomic E-state index is 11.8. The highest BCUT2D eigenvalue weighted by Crippen LogP contribution is 2.34. The summed E-state index contributed by atoms with van der Waals surface area (Å²) in [7, 11) is 0. The van der Waals surface area contributed by atoms with E-state index in [-0.39, 0.29) is 5.91 Å². The summed E-state index contributed by atoms with van der Waals surface area (Å²) in [6.07, 6.45) is 11.6. The van der Waals surface area contributed by atoms with Crippen LogP contribution in [-0.4, -0.2) is 56.7 Å². The van der Waals surface area contributed by atoms with Gasteiger partial charge in [-0.05, 0) is 38.1 Å². The first-order valence-corrected chi connectivity index (χ1v) is 10.6. The number of carbonyl (C=O) groups is 1. The van der Waals surface area contributed by atoms with E-state index in [9.17, 15) is 4.79 Å². The van der Waals surface area contributed by atoms with E-state index < -0.39 is 0 Å². The van der Waals surface area contributed by atoms with Gasteiger partial charge in [0.1, 0.15) is 11.6 Å². The molecule has 3 aliphatic rings. The van der Waals surface area contributed by atoms with E-state index in [1.807, 2.05) is 4.90 Å². The van der Waals surface area contributed by atoms with Crippen molar-refractivity contribution in [1.29, 1.82) is 0 Å². The number of nitrogens with zero attached hydrogens (tertiary/aromatic N) is 5. The lowest BCUT2D eigenvalue weighted by molar-refractivity contribution is -0.128. The summed E-state index contributed by atoms with van der Waals surface area (Å²) in [4.78, 5) is 16.4. The third-order valence-electron chi connectivity index (χ3n) is 6.63. The minimum absolute atomic E-state index is 0.168. The fourth-order valence-electron chi connectivity index (χ4n) is 5.11. The molecule has 1 aromatic rings. The van der Waals surface area contributed by atoms with Gasteiger partial charge in [0.25, 0.3) is 0 Å². The second-order valence-corrected chi connectivity index (χ2v) is 8.39. The molecule has 1 saturated heterocycles. The Morgan fingerprint density at radius 2 is 1.77 bits per heavy atom. The molecule has 0 radical (unpaired) electrons. The van der Waals surface area contributed by atoms with Crippen LogP contribution in [-0.2, 0) is 17.8 Å². The maximum Gasteiger partial charge on any atom is 0.219 e. The summed E-state index contributed by atoms with van der Waals surface area (Å²) >= 11 is 0. The first kappa shape index (κ1) is 18.0. The Labute approximate surface area is 156 Å². The Balaban J connectivity index is 1.50. The van der Waals surface area contributed by atoms with Crippen LogP contribution in [0.25, 0.3) is 0 Å². The van der Waals surface area contributed by atoms with Crippen molar-refractivity contribution in [2.75, 3.05) is 26.2 Å². The van der Waals surface area contributed by atoms with Crippen LogP contribution in [0.2, 0.25) is 0 Å². The number of rotatable bonds is 3. The van der Waals surface area contributed by atoms with Crippen molar-refractivity contribution in [3.05, 3.63) is 11.6 Å². The molecule has 0 bridgehead atoms. The van der Waals surface area contributed by atoms with Gasteiger partial charge in [-0.3, -0.25) is 9.69 Å². The molecule has 2 fully saturated rings. The first-order chi connectivity index (χ1) is 12.7. The summed E-state index contributed by atoms with van der Waals surface area (Å²) in [6.45, 7) is 6.48. The van der Waals surface area contributed by atoms with Crippen molar-refractivity contribution in [1.82, 2.24) is 24.6 Å². The summed E-state index contributed by atoms with van der Waals surface area (Å²) in [5.74, 6) is 3.25. The average Bonchev–Trinajstić information content (AvgIpc) is 2.93. The van der Waals surface area contributed by atoms with Gasteiger partial charge in [0, 0.05) is 39.5 Å². The van der Waals surface area contributed by atoms with Gasteiger partial charge >= 0.3 is 0 Å². The Morgan fingerprint density at radius 3 is 2.58 bits per heavy atom. The van der Waals surface area contributed by atoms with E-state index in [0.717, 1.165) is 43.6 Å². The van der Waals surface area contributed by atoms with E-state index in [2.05, 4.69) is 19.7 Å². The molecule has 6 heteroatoms. The number of fused-ring (bicyclic) bond motifs is 1. The van der Waals surface area contributed by atoms with Crippen molar-refractivity contribution >= 4 is 5.91 Å². The second-order valence-electron chi connectivity index (χ2n) is 8.39. The van der Waals surface area contributed by atoms with Crippen LogP contribution in [0, 0.1) is 5.92 Å². The van der Waals surface area contributed by atoms with Crippen LogP contribution >= 0.6 is 0 Å². The monoisotopic (exact) mass is 359 g/mol. The largest absolute Gasteiger partial charge is 0.341 e. The molecule has 2 aliphatic heterocycles. The molecule has 144 valence electrons. The molecule has 0 unspecified atom stereocenters. The van der Waals surface area contributed by atoms with Crippen molar-refractivity contribution < 1.29 is 4.79 Å². The van der Waals surface area contributed by atoms with E-state index in [1.165, 1.54) is 64.5 Å². The zero-order valence-electron chi connectivity index (χ0n) is 16.2. The quantitative estimate of drug-likeness (QED) is 0.833. The summed E-state index contributed by atoms with van der Waals surface area (Å²) < 4.78 is 2.33. The van der Waals surface area contributed by atoms with Gasteiger partial charge in [-0.15, -0.1) is 10.2 Å². The highest BCUT2D eigenvalue weighted by Gasteiger charge is 2.32. The van der Waals surface area contributed by atoms with Crippen LogP contribution in [0.15, 0.2) is 0 Å². The molecule has 1 atom stereocenters. The van der Waals surface area contributed by atoms with Crippen LogP contribution in [0.3, 0.4) is 0 Å². The Kier molecular flexibility index (Phi) is 5.57.